The summed E-state index contributed by atoms with van der Waals surface area (Å²) in [5, 5.41) is 18.7. The van der Waals surface area contributed by atoms with Crippen LogP contribution in [0, 0.1) is 0 Å². The van der Waals surface area contributed by atoms with Gasteiger partial charge in [0, 0.05) is 7.11 Å². The zero-order valence-corrected chi connectivity index (χ0v) is 9.59. The molecule has 94 valence electrons. The van der Waals surface area contributed by atoms with E-state index in [4.69, 9.17) is 14.6 Å². The maximum Gasteiger partial charge on any atom is 0.362 e. The lowest BCUT2D eigenvalue weighted by Crippen LogP contribution is -2.61. The number of hydrogen-bond acceptors (Lipinski definition) is 5. The van der Waals surface area contributed by atoms with E-state index in [0.29, 0.717) is 30.7 Å². The van der Waals surface area contributed by atoms with Crippen molar-refractivity contribution in [3.8, 4) is 0 Å². The van der Waals surface area contributed by atoms with Crippen LogP contribution in [-0.2, 0) is 14.3 Å². The summed E-state index contributed by atoms with van der Waals surface area (Å²) in [4.78, 5) is 11.3. The quantitative estimate of drug-likeness (QED) is 0.426. The van der Waals surface area contributed by atoms with Gasteiger partial charge >= 0.3 is 5.97 Å². The largest absolute Gasteiger partial charge is 0.456 e. The molecule has 0 amide bonds. The Bertz CT molecular complexity index is 231. The molecule has 2 N–H and O–H groups in total. The summed E-state index contributed by atoms with van der Waals surface area (Å²) in [6.07, 6.45) is -0.623. The summed E-state index contributed by atoms with van der Waals surface area (Å²) >= 11 is 0. The standard InChI is InChI=1S/C10H20NO5/c1-15-8-9(13)6-11(2-4-12)3-5-16-10(14)7-11/h9,12-13H,2-8H2,1H3/q+1. The number of carbonyl (C=O) groups excluding carboxylic acids is 1. The molecule has 6 heteroatoms. The molecule has 0 spiro atoms. The number of carbonyl (C=O) groups is 1. The van der Waals surface area contributed by atoms with Crippen LogP contribution in [0.4, 0.5) is 0 Å². The van der Waals surface area contributed by atoms with E-state index >= 15 is 0 Å². The van der Waals surface area contributed by atoms with Gasteiger partial charge in [0.1, 0.15) is 32.3 Å². The van der Waals surface area contributed by atoms with Crippen molar-refractivity contribution in [3.05, 3.63) is 0 Å². The fourth-order valence-electron chi connectivity index (χ4n) is 2.09. The van der Waals surface area contributed by atoms with Crippen LogP contribution in [0.1, 0.15) is 0 Å². The van der Waals surface area contributed by atoms with Crippen molar-refractivity contribution in [1.82, 2.24) is 0 Å². The van der Waals surface area contributed by atoms with Crippen molar-refractivity contribution in [3.63, 3.8) is 0 Å². The highest BCUT2D eigenvalue weighted by atomic mass is 16.5. The molecule has 0 radical (unpaired) electrons. The van der Waals surface area contributed by atoms with Crippen LogP contribution in [0.25, 0.3) is 0 Å². The summed E-state index contributed by atoms with van der Waals surface area (Å²) in [7, 11) is 1.52. The summed E-state index contributed by atoms with van der Waals surface area (Å²) in [6.45, 7) is 2.28. The molecule has 0 saturated carbocycles. The molecule has 0 aliphatic carbocycles. The minimum Gasteiger partial charge on any atom is -0.456 e. The lowest BCUT2D eigenvalue weighted by molar-refractivity contribution is -0.928. The van der Waals surface area contributed by atoms with E-state index in [-0.39, 0.29) is 25.7 Å². The Morgan fingerprint density at radius 2 is 2.38 bits per heavy atom. The maximum atomic E-state index is 11.3. The first-order chi connectivity index (χ1) is 7.62. The number of nitrogens with zero attached hydrogens (tertiary/aromatic N) is 1. The summed E-state index contributed by atoms with van der Waals surface area (Å²) < 4.78 is 10.1. The SMILES string of the molecule is COCC(O)C[N+]1(CCO)CCOC(=O)C1. The Labute approximate surface area is 95.0 Å². The third-order valence-corrected chi connectivity index (χ3v) is 2.82. The predicted octanol–water partition coefficient (Wildman–Crippen LogP) is -1.64. The van der Waals surface area contributed by atoms with Gasteiger partial charge in [-0.3, -0.25) is 0 Å². The third-order valence-electron chi connectivity index (χ3n) is 2.82. The van der Waals surface area contributed by atoms with Gasteiger partial charge < -0.3 is 24.2 Å². The van der Waals surface area contributed by atoms with Crippen LogP contribution < -0.4 is 0 Å². The monoisotopic (exact) mass is 234 g/mol. The predicted molar refractivity (Wildman–Crippen MR) is 55.7 cm³/mol. The molecule has 0 bridgehead atoms. The number of rotatable bonds is 6. The second kappa shape index (κ2) is 6.15. The van der Waals surface area contributed by atoms with Crippen molar-refractivity contribution in [1.29, 1.82) is 0 Å². The van der Waals surface area contributed by atoms with Gasteiger partial charge in [-0.15, -0.1) is 0 Å². The molecule has 0 aromatic rings. The smallest absolute Gasteiger partial charge is 0.362 e. The molecular formula is C10H20NO5+. The molecule has 1 saturated heterocycles. The summed E-state index contributed by atoms with van der Waals surface area (Å²) in [5.41, 5.74) is 0. The van der Waals surface area contributed by atoms with Crippen molar-refractivity contribution in [2.45, 2.75) is 6.10 Å². The first-order valence-corrected chi connectivity index (χ1v) is 5.40. The molecule has 1 rings (SSSR count). The van der Waals surface area contributed by atoms with Gasteiger partial charge in [-0.05, 0) is 0 Å². The zero-order chi connectivity index (χ0) is 12.0. The van der Waals surface area contributed by atoms with Gasteiger partial charge in [0.2, 0.25) is 0 Å². The number of quaternary nitrogens is 1. The van der Waals surface area contributed by atoms with Crippen molar-refractivity contribution < 1.29 is 29.0 Å². The molecule has 1 fully saturated rings. The van der Waals surface area contributed by atoms with Gasteiger partial charge in [-0.1, -0.05) is 0 Å². The number of esters is 1. The molecule has 0 aromatic carbocycles. The molecule has 1 aliphatic heterocycles. The second-order valence-corrected chi connectivity index (χ2v) is 4.18. The third kappa shape index (κ3) is 3.71. The molecule has 6 nitrogen and oxygen atoms in total. The lowest BCUT2D eigenvalue weighted by Gasteiger charge is -2.40. The van der Waals surface area contributed by atoms with Gasteiger partial charge in [-0.2, -0.15) is 0 Å². The molecular weight excluding hydrogens is 214 g/mol. The Morgan fingerprint density at radius 3 is 2.94 bits per heavy atom. The highest BCUT2D eigenvalue weighted by Crippen LogP contribution is 2.13. The zero-order valence-electron chi connectivity index (χ0n) is 9.59. The number of morpholine rings is 1. The van der Waals surface area contributed by atoms with E-state index in [1.807, 2.05) is 0 Å². The number of hydrogen-bond donors (Lipinski definition) is 2. The minimum absolute atomic E-state index is 0.00696. The number of aliphatic hydroxyl groups excluding tert-OH is 2. The van der Waals surface area contributed by atoms with Crippen LogP contribution in [0.2, 0.25) is 0 Å². The number of methoxy groups -OCH3 is 1. The maximum absolute atomic E-state index is 11.3. The Morgan fingerprint density at radius 1 is 1.62 bits per heavy atom. The first kappa shape index (κ1) is 13.4. The van der Waals surface area contributed by atoms with Gasteiger partial charge in [0.05, 0.1) is 13.2 Å². The molecule has 0 aromatic heterocycles. The van der Waals surface area contributed by atoms with Gasteiger partial charge in [0.25, 0.3) is 0 Å². The van der Waals surface area contributed by atoms with Gasteiger partial charge in [-0.25, -0.2) is 4.79 Å². The van der Waals surface area contributed by atoms with Crippen LogP contribution in [0.5, 0.6) is 0 Å². The summed E-state index contributed by atoms with van der Waals surface area (Å²) in [6, 6.07) is 0. The summed E-state index contributed by atoms with van der Waals surface area (Å²) in [5.74, 6) is -0.274. The highest BCUT2D eigenvalue weighted by Gasteiger charge is 2.36. The van der Waals surface area contributed by atoms with Crippen LogP contribution in [0.15, 0.2) is 0 Å². The number of ether oxygens (including phenoxy) is 2. The van der Waals surface area contributed by atoms with E-state index in [1.54, 1.807) is 0 Å². The lowest BCUT2D eigenvalue weighted by atomic mass is 10.2. The Balaban J connectivity index is 2.60. The normalized spacial score (nSPS) is 27.6. The number of aliphatic hydroxyl groups is 2. The van der Waals surface area contributed by atoms with E-state index in [9.17, 15) is 9.90 Å². The number of cyclic esters (lactones) is 1. The minimum atomic E-state index is -0.623. The topological polar surface area (TPSA) is 76.0 Å². The average molecular weight is 234 g/mol. The fourth-order valence-corrected chi connectivity index (χ4v) is 2.09. The van der Waals surface area contributed by atoms with Crippen LogP contribution in [-0.4, -0.2) is 79.9 Å². The molecule has 16 heavy (non-hydrogen) atoms. The highest BCUT2D eigenvalue weighted by molar-refractivity contribution is 5.71. The fraction of sp³-hybridized carbons (Fsp3) is 0.900. The van der Waals surface area contributed by atoms with Crippen molar-refractivity contribution in [2.24, 2.45) is 0 Å². The van der Waals surface area contributed by atoms with Gasteiger partial charge in [0.15, 0.2) is 6.54 Å². The average Bonchev–Trinajstić information content (AvgIpc) is 2.17. The molecule has 1 heterocycles. The first-order valence-electron chi connectivity index (χ1n) is 5.40. The Hall–Kier alpha value is -0.690. The molecule has 2 atom stereocenters. The Kier molecular flexibility index (Phi) is 5.14. The molecule has 2 unspecified atom stereocenters. The van der Waals surface area contributed by atoms with Crippen molar-refractivity contribution in [2.75, 3.05) is 53.1 Å². The van der Waals surface area contributed by atoms with Crippen LogP contribution >= 0.6 is 0 Å². The van der Waals surface area contributed by atoms with E-state index in [1.165, 1.54) is 7.11 Å². The van der Waals surface area contributed by atoms with Crippen molar-refractivity contribution >= 4 is 5.97 Å². The van der Waals surface area contributed by atoms with E-state index in [0.717, 1.165) is 0 Å². The van der Waals surface area contributed by atoms with E-state index < -0.39 is 6.10 Å². The molecule has 1 aliphatic rings. The van der Waals surface area contributed by atoms with E-state index in [2.05, 4.69) is 0 Å². The van der Waals surface area contributed by atoms with Crippen LogP contribution in [0.3, 0.4) is 0 Å². The second-order valence-electron chi connectivity index (χ2n) is 4.18.